The molecule has 0 saturated heterocycles. The molecule has 28 heavy (non-hydrogen) atoms. The Kier molecular flexibility index (Phi) is 4.82. The zero-order chi connectivity index (χ0) is 19.5. The van der Waals surface area contributed by atoms with E-state index in [1.54, 1.807) is 22.9 Å². The van der Waals surface area contributed by atoms with Crippen LogP contribution in [-0.2, 0) is 4.79 Å². The molecule has 0 bridgehead atoms. The quantitative estimate of drug-likeness (QED) is 0.574. The fraction of sp³-hybridized carbons (Fsp3) is 0.0476. The molecule has 4 rings (SSSR count). The van der Waals surface area contributed by atoms with Crippen LogP contribution in [0.1, 0.15) is 18.2 Å². The standard InChI is InChI=1S/C21H16N4O2S/c1-14(26)23-17-6-2-5-16(10-17)19-13-28-21-24-18(11-20(27)25(19)21)8-7-15-4-3-9-22-12-15/h2-13H,1H3,(H,23,26). The van der Waals surface area contributed by atoms with Gasteiger partial charge >= 0.3 is 0 Å². The summed E-state index contributed by atoms with van der Waals surface area (Å²) in [4.78, 5) is 33.3. The number of carbonyl (C=O) groups excluding carboxylic acids is 1. The summed E-state index contributed by atoms with van der Waals surface area (Å²) in [7, 11) is 0. The van der Waals surface area contributed by atoms with Crippen molar-refractivity contribution in [2.45, 2.75) is 6.92 Å². The predicted octanol–water partition coefficient (Wildman–Crippen LogP) is 3.95. The first kappa shape index (κ1) is 17.8. The summed E-state index contributed by atoms with van der Waals surface area (Å²) in [5.41, 5.74) is 3.63. The van der Waals surface area contributed by atoms with Crippen LogP contribution in [0.25, 0.3) is 28.4 Å². The van der Waals surface area contributed by atoms with Crippen molar-refractivity contribution < 1.29 is 4.79 Å². The predicted molar refractivity (Wildman–Crippen MR) is 112 cm³/mol. The van der Waals surface area contributed by atoms with Crippen molar-refractivity contribution in [1.29, 1.82) is 0 Å². The highest BCUT2D eigenvalue weighted by Crippen LogP contribution is 2.26. The Hall–Kier alpha value is -3.58. The second-order valence-corrected chi connectivity index (χ2v) is 6.98. The molecule has 1 N–H and O–H groups in total. The van der Waals surface area contributed by atoms with E-state index in [4.69, 9.17) is 0 Å². The van der Waals surface area contributed by atoms with Crippen LogP contribution in [0.5, 0.6) is 0 Å². The molecule has 0 aliphatic carbocycles. The highest BCUT2D eigenvalue weighted by molar-refractivity contribution is 7.15. The van der Waals surface area contributed by atoms with Gasteiger partial charge in [0.15, 0.2) is 4.96 Å². The molecule has 6 nitrogen and oxygen atoms in total. The van der Waals surface area contributed by atoms with Crippen LogP contribution in [0.3, 0.4) is 0 Å². The van der Waals surface area contributed by atoms with Crippen molar-refractivity contribution in [3.63, 3.8) is 0 Å². The van der Waals surface area contributed by atoms with Crippen LogP contribution in [0.4, 0.5) is 5.69 Å². The topological polar surface area (TPSA) is 76.4 Å². The summed E-state index contributed by atoms with van der Waals surface area (Å²) in [5.74, 6) is -0.142. The molecule has 0 saturated carbocycles. The van der Waals surface area contributed by atoms with E-state index >= 15 is 0 Å². The van der Waals surface area contributed by atoms with Crippen molar-refractivity contribution >= 4 is 40.0 Å². The van der Waals surface area contributed by atoms with Gasteiger partial charge in [0.05, 0.1) is 11.4 Å². The van der Waals surface area contributed by atoms with Crippen LogP contribution >= 0.6 is 11.3 Å². The molecule has 1 amide bonds. The number of hydrogen-bond donors (Lipinski definition) is 1. The zero-order valence-electron chi connectivity index (χ0n) is 15.0. The molecule has 7 heteroatoms. The van der Waals surface area contributed by atoms with E-state index in [1.807, 2.05) is 47.9 Å². The maximum Gasteiger partial charge on any atom is 0.259 e. The van der Waals surface area contributed by atoms with Gasteiger partial charge in [-0.3, -0.25) is 19.0 Å². The first-order valence-corrected chi connectivity index (χ1v) is 9.45. The number of carbonyl (C=O) groups is 1. The van der Waals surface area contributed by atoms with Crippen LogP contribution in [0.2, 0.25) is 0 Å². The van der Waals surface area contributed by atoms with E-state index < -0.39 is 0 Å². The molecule has 0 radical (unpaired) electrons. The minimum Gasteiger partial charge on any atom is -0.326 e. The van der Waals surface area contributed by atoms with Crippen LogP contribution in [0.15, 0.2) is 65.0 Å². The number of fused-ring (bicyclic) bond motifs is 1. The van der Waals surface area contributed by atoms with E-state index in [2.05, 4.69) is 15.3 Å². The first-order valence-electron chi connectivity index (χ1n) is 8.57. The van der Waals surface area contributed by atoms with Crippen LogP contribution in [-0.4, -0.2) is 20.3 Å². The summed E-state index contributed by atoms with van der Waals surface area (Å²) < 4.78 is 1.58. The van der Waals surface area contributed by atoms with Crippen molar-refractivity contribution in [3.8, 4) is 11.3 Å². The number of nitrogens with one attached hydrogen (secondary N) is 1. The van der Waals surface area contributed by atoms with Crippen LogP contribution < -0.4 is 10.9 Å². The number of benzene rings is 1. The number of thiazole rings is 1. The van der Waals surface area contributed by atoms with Crippen molar-refractivity contribution in [3.05, 3.63) is 81.8 Å². The normalized spacial score (nSPS) is 11.2. The lowest BCUT2D eigenvalue weighted by molar-refractivity contribution is -0.114. The minimum absolute atomic E-state index is 0.142. The second-order valence-electron chi connectivity index (χ2n) is 6.14. The van der Waals surface area contributed by atoms with E-state index in [0.717, 1.165) is 16.8 Å². The number of hydrogen-bond acceptors (Lipinski definition) is 5. The monoisotopic (exact) mass is 388 g/mol. The number of rotatable bonds is 4. The Morgan fingerprint density at radius 2 is 2.07 bits per heavy atom. The third kappa shape index (κ3) is 3.74. The third-order valence-corrected chi connectivity index (χ3v) is 4.86. The highest BCUT2D eigenvalue weighted by atomic mass is 32.1. The Morgan fingerprint density at radius 3 is 2.86 bits per heavy atom. The van der Waals surface area contributed by atoms with Gasteiger partial charge in [-0.05, 0) is 29.8 Å². The number of nitrogens with zero attached hydrogens (tertiary/aromatic N) is 3. The SMILES string of the molecule is CC(=O)Nc1cccc(-c2csc3nc(C=Cc4cccnc4)cc(=O)n23)c1. The average molecular weight is 388 g/mol. The maximum absolute atomic E-state index is 12.7. The summed E-state index contributed by atoms with van der Waals surface area (Å²) >= 11 is 1.40. The molecule has 1 aromatic carbocycles. The number of aromatic nitrogens is 3. The fourth-order valence-electron chi connectivity index (χ4n) is 2.84. The highest BCUT2D eigenvalue weighted by Gasteiger charge is 2.11. The van der Waals surface area contributed by atoms with Gasteiger partial charge in [0.25, 0.3) is 5.56 Å². The largest absolute Gasteiger partial charge is 0.326 e. The Labute approximate surface area is 164 Å². The molecule has 3 heterocycles. The van der Waals surface area contributed by atoms with Gasteiger partial charge in [0.2, 0.25) is 5.91 Å². The molecular formula is C21H16N4O2S. The molecule has 0 atom stereocenters. The van der Waals surface area contributed by atoms with E-state index in [-0.39, 0.29) is 11.5 Å². The Bertz CT molecular complexity index is 1240. The molecule has 0 spiro atoms. The molecule has 0 aliphatic heterocycles. The smallest absolute Gasteiger partial charge is 0.259 e. The van der Waals surface area contributed by atoms with E-state index in [9.17, 15) is 9.59 Å². The number of anilines is 1. The lowest BCUT2D eigenvalue weighted by atomic mass is 10.1. The molecule has 0 aliphatic rings. The van der Waals surface area contributed by atoms with Gasteiger partial charge < -0.3 is 5.32 Å². The molecular weight excluding hydrogens is 372 g/mol. The van der Waals surface area contributed by atoms with Crippen molar-refractivity contribution in [2.75, 3.05) is 5.32 Å². The van der Waals surface area contributed by atoms with Gasteiger partial charge in [0, 0.05) is 42.0 Å². The summed E-state index contributed by atoms with van der Waals surface area (Å²) in [6.45, 7) is 1.46. The van der Waals surface area contributed by atoms with E-state index in [1.165, 1.54) is 24.3 Å². The van der Waals surface area contributed by atoms with Crippen LogP contribution in [0, 0.1) is 0 Å². The molecule has 4 aromatic rings. The lowest BCUT2D eigenvalue weighted by Crippen LogP contribution is -2.14. The fourth-order valence-corrected chi connectivity index (χ4v) is 3.75. The second kappa shape index (κ2) is 7.58. The summed E-state index contributed by atoms with van der Waals surface area (Å²) in [5, 5.41) is 4.65. The Balaban J connectivity index is 1.72. The Morgan fingerprint density at radius 1 is 1.18 bits per heavy atom. The van der Waals surface area contributed by atoms with Crippen molar-refractivity contribution in [1.82, 2.24) is 14.4 Å². The molecule has 138 valence electrons. The lowest BCUT2D eigenvalue weighted by Gasteiger charge is -2.06. The van der Waals surface area contributed by atoms with Gasteiger partial charge in [-0.25, -0.2) is 4.98 Å². The van der Waals surface area contributed by atoms with Gasteiger partial charge in [0.1, 0.15) is 0 Å². The van der Waals surface area contributed by atoms with E-state index in [0.29, 0.717) is 16.3 Å². The average Bonchev–Trinajstić information content (AvgIpc) is 3.12. The zero-order valence-corrected chi connectivity index (χ0v) is 15.8. The van der Waals surface area contributed by atoms with Gasteiger partial charge in [-0.15, -0.1) is 11.3 Å². The summed E-state index contributed by atoms with van der Waals surface area (Å²) in [6.07, 6.45) is 7.13. The molecule has 0 fully saturated rings. The van der Waals surface area contributed by atoms with Gasteiger partial charge in [-0.2, -0.15) is 0 Å². The number of amides is 1. The molecule has 0 unspecified atom stereocenters. The molecule has 3 aromatic heterocycles. The third-order valence-electron chi connectivity index (χ3n) is 4.03. The van der Waals surface area contributed by atoms with Crippen molar-refractivity contribution in [2.24, 2.45) is 0 Å². The summed E-state index contributed by atoms with van der Waals surface area (Å²) in [6, 6.07) is 12.7. The number of pyridine rings is 1. The van der Waals surface area contributed by atoms with Gasteiger partial charge in [-0.1, -0.05) is 24.3 Å². The first-order chi connectivity index (χ1) is 13.6. The maximum atomic E-state index is 12.7. The minimum atomic E-state index is -0.156.